The van der Waals surface area contributed by atoms with Gasteiger partial charge in [0.1, 0.15) is 18.1 Å². The number of amides is 1. The molecule has 0 spiro atoms. The van der Waals surface area contributed by atoms with Gasteiger partial charge in [-0.25, -0.2) is 0 Å². The number of benzene rings is 1. The zero-order valence-electron chi connectivity index (χ0n) is 12.3. The van der Waals surface area contributed by atoms with Crippen LogP contribution >= 0.6 is 0 Å². The van der Waals surface area contributed by atoms with E-state index in [0.717, 1.165) is 29.3 Å². The lowest BCUT2D eigenvalue weighted by Crippen LogP contribution is -2.17. The molecule has 0 aliphatic carbocycles. The molecule has 0 atom stereocenters. The molecular weight excluding hydrogens is 268 g/mol. The Labute approximate surface area is 124 Å². The van der Waals surface area contributed by atoms with Gasteiger partial charge in [-0.05, 0) is 30.3 Å². The number of ether oxygens (including phenoxy) is 1. The van der Waals surface area contributed by atoms with E-state index in [9.17, 15) is 4.79 Å². The van der Waals surface area contributed by atoms with Crippen LogP contribution in [0.15, 0.2) is 40.8 Å². The molecule has 0 radical (unpaired) electrons. The van der Waals surface area contributed by atoms with E-state index in [4.69, 9.17) is 9.15 Å². The van der Waals surface area contributed by atoms with Gasteiger partial charge < -0.3 is 19.8 Å². The summed E-state index contributed by atoms with van der Waals surface area (Å²) in [4.78, 5) is 11.5. The number of nitrogens with one attached hydrogen (secondary N) is 2. The summed E-state index contributed by atoms with van der Waals surface area (Å²) in [5.74, 6) is 1.70. The minimum Gasteiger partial charge on any atom is -0.464 e. The maximum Gasteiger partial charge on any atom is 0.250 e. The first-order chi connectivity index (χ1) is 10.2. The first-order valence-electron chi connectivity index (χ1n) is 6.91. The highest BCUT2D eigenvalue weighted by molar-refractivity contribution is 5.92. The smallest absolute Gasteiger partial charge is 0.250 e. The first-order valence-corrected chi connectivity index (χ1v) is 6.91. The van der Waals surface area contributed by atoms with Crippen molar-refractivity contribution in [1.82, 2.24) is 0 Å². The fourth-order valence-corrected chi connectivity index (χ4v) is 1.93. The molecule has 2 aromatic rings. The Hall–Kier alpha value is -2.27. The van der Waals surface area contributed by atoms with E-state index >= 15 is 0 Å². The van der Waals surface area contributed by atoms with E-state index in [1.165, 1.54) is 7.11 Å². The SMILES string of the molecule is CCc1ccc(CNc2cccc(NC(=O)COC)c2)o1. The maximum absolute atomic E-state index is 11.5. The molecule has 0 unspecified atom stereocenters. The number of anilines is 2. The van der Waals surface area contributed by atoms with Gasteiger partial charge in [-0.3, -0.25) is 4.79 Å². The first kappa shape index (κ1) is 15.1. The van der Waals surface area contributed by atoms with Crippen LogP contribution < -0.4 is 10.6 Å². The molecule has 21 heavy (non-hydrogen) atoms. The molecule has 0 fully saturated rings. The maximum atomic E-state index is 11.5. The predicted octanol–water partition coefficient (Wildman–Crippen LogP) is 3.04. The van der Waals surface area contributed by atoms with Gasteiger partial charge in [0, 0.05) is 24.9 Å². The van der Waals surface area contributed by atoms with Crippen molar-refractivity contribution in [3.05, 3.63) is 47.9 Å². The molecule has 2 rings (SSSR count). The van der Waals surface area contributed by atoms with E-state index in [-0.39, 0.29) is 12.5 Å². The van der Waals surface area contributed by atoms with Crippen LogP contribution in [-0.2, 0) is 22.5 Å². The van der Waals surface area contributed by atoms with Crippen molar-refractivity contribution in [2.45, 2.75) is 19.9 Å². The molecule has 5 nitrogen and oxygen atoms in total. The average Bonchev–Trinajstić information content (AvgIpc) is 2.94. The van der Waals surface area contributed by atoms with E-state index < -0.39 is 0 Å². The summed E-state index contributed by atoms with van der Waals surface area (Å²) in [7, 11) is 1.49. The van der Waals surface area contributed by atoms with E-state index in [1.54, 1.807) is 0 Å². The summed E-state index contributed by atoms with van der Waals surface area (Å²) in [5, 5.41) is 6.03. The second-order valence-corrected chi connectivity index (χ2v) is 4.64. The fraction of sp³-hybridized carbons (Fsp3) is 0.312. The predicted molar refractivity (Wildman–Crippen MR) is 82.4 cm³/mol. The summed E-state index contributed by atoms with van der Waals surface area (Å²) in [5.41, 5.74) is 1.65. The third-order valence-corrected chi connectivity index (χ3v) is 2.95. The van der Waals surface area contributed by atoms with Crippen LogP contribution in [0.4, 0.5) is 11.4 Å². The van der Waals surface area contributed by atoms with E-state index in [1.807, 2.05) is 36.4 Å². The number of furan rings is 1. The summed E-state index contributed by atoms with van der Waals surface area (Å²) in [6.45, 7) is 2.71. The molecule has 0 saturated heterocycles. The fourth-order valence-electron chi connectivity index (χ4n) is 1.93. The minimum atomic E-state index is -0.173. The van der Waals surface area contributed by atoms with Crippen molar-refractivity contribution < 1.29 is 13.9 Å². The summed E-state index contributed by atoms with van der Waals surface area (Å²) in [6, 6.07) is 11.5. The lowest BCUT2D eigenvalue weighted by atomic mass is 10.2. The largest absolute Gasteiger partial charge is 0.464 e. The van der Waals surface area contributed by atoms with Crippen molar-refractivity contribution in [3.63, 3.8) is 0 Å². The standard InChI is InChI=1S/C16H20N2O3/c1-3-14-7-8-15(21-14)10-17-12-5-4-6-13(9-12)18-16(19)11-20-2/h4-9,17H,3,10-11H2,1-2H3,(H,18,19). The van der Waals surface area contributed by atoms with Crippen molar-refractivity contribution >= 4 is 17.3 Å². The number of aryl methyl sites for hydroxylation is 1. The molecule has 1 amide bonds. The third-order valence-electron chi connectivity index (χ3n) is 2.95. The van der Waals surface area contributed by atoms with Crippen LogP contribution in [0.5, 0.6) is 0 Å². The molecule has 1 aromatic carbocycles. The molecule has 0 aliphatic rings. The number of carbonyl (C=O) groups excluding carboxylic acids is 1. The lowest BCUT2D eigenvalue weighted by Gasteiger charge is -2.08. The number of carbonyl (C=O) groups is 1. The topological polar surface area (TPSA) is 63.5 Å². The monoisotopic (exact) mass is 288 g/mol. The van der Waals surface area contributed by atoms with Gasteiger partial charge in [-0.2, -0.15) is 0 Å². The van der Waals surface area contributed by atoms with Crippen LogP contribution in [0.3, 0.4) is 0 Å². The Balaban J connectivity index is 1.92. The second kappa shape index (κ2) is 7.50. The van der Waals surface area contributed by atoms with Gasteiger partial charge in [0.15, 0.2) is 0 Å². The van der Waals surface area contributed by atoms with E-state index in [2.05, 4.69) is 17.6 Å². The minimum absolute atomic E-state index is 0.0455. The highest BCUT2D eigenvalue weighted by Gasteiger charge is 2.03. The van der Waals surface area contributed by atoms with Crippen LogP contribution in [0.2, 0.25) is 0 Å². The average molecular weight is 288 g/mol. The summed E-state index contributed by atoms with van der Waals surface area (Å²) in [6.07, 6.45) is 0.890. The van der Waals surface area contributed by atoms with Crippen LogP contribution in [0.25, 0.3) is 0 Å². The highest BCUT2D eigenvalue weighted by Crippen LogP contribution is 2.17. The Morgan fingerprint density at radius 2 is 1.95 bits per heavy atom. The number of hydrogen-bond acceptors (Lipinski definition) is 4. The van der Waals surface area contributed by atoms with Crippen LogP contribution in [0, 0.1) is 0 Å². The Morgan fingerprint density at radius 1 is 1.19 bits per heavy atom. The zero-order chi connectivity index (χ0) is 15.1. The van der Waals surface area contributed by atoms with Gasteiger partial charge in [-0.15, -0.1) is 0 Å². The van der Waals surface area contributed by atoms with E-state index in [0.29, 0.717) is 6.54 Å². The molecular formula is C16H20N2O3. The van der Waals surface area contributed by atoms with Gasteiger partial charge >= 0.3 is 0 Å². The molecule has 1 aromatic heterocycles. The third kappa shape index (κ3) is 4.65. The lowest BCUT2D eigenvalue weighted by molar-refractivity contribution is -0.119. The Kier molecular flexibility index (Phi) is 5.40. The molecule has 112 valence electrons. The summed E-state index contributed by atoms with van der Waals surface area (Å²) >= 11 is 0. The molecule has 0 aliphatic heterocycles. The van der Waals surface area contributed by atoms with Crippen LogP contribution in [0.1, 0.15) is 18.4 Å². The van der Waals surface area contributed by atoms with Gasteiger partial charge in [0.2, 0.25) is 5.91 Å². The molecule has 2 N–H and O–H groups in total. The normalized spacial score (nSPS) is 10.4. The van der Waals surface area contributed by atoms with Crippen molar-refractivity contribution in [2.75, 3.05) is 24.4 Å². The van der Waals surface area contributed by atoms with Crippen LogP contribution in [-0.4, -0.2) is 19.6 Å². The molecule has 5 heteroatoms. The molecule has 1 heterocycles. The summed E-state index contributed by atoms with van der Waals surface area (Å²) < 4.78 is 10.4. The van der Waals surface area contributed by atoms with Crippen molar-refractivity contribution in [2.24, 2.45) is 0 Å². The zero-order valence-corrected chi connectivity index (χ0v) is 12.3. The molecule has 0 bridgehead atoms. The van der Waals surface area contributed by atoms with Crippen molar-refractivity contribution in [1.29, 1.82) is 0 Å². The Bertz CT molecular complexity index is 593. The van der Waals surface area contributed by atoms with Gasteiger partial charge in [0.25, 0.3) is 0 Å². The number of methoxy groups -OCH3 is 1. The van der Waals surface area contributed by atoms with Gasteiger partial charge in [-0.1, -0.05) is 13.0 Å². The molecule has 0 saturated carbocycles. The quantitative estimate of drug-likeness (QED) is 0.822. The van der Waals surface area contributed by atoms with Gasteiger partial charge in [0.05, 0.1) is 6.54 Å². The second-order valence-electron chi connectivity index (χ2n) is 4.64. The van der Waals surface area contributed by atoms with Crippen molar-refractivity contribution in [3.8, 4) is 0 Å². The number of hydrogen-bond donors (Lipinski definition) is 2. The number of rotatable bonds is 7. The highest BCUT2D eigenvalue weighted by atomic mass is 16.5. The Morgan fingerprint density at radius 3 is 2.67 bits per heavy atom.